The highest BCUT2D eigenvalue weighted by Crippen LogP contribution is 2.41. The number of alkyl halides is 2. The number of carboxylic acids is 1. The number of hydrogen-bond donors (Lipinski definition) is 1. The smallest absolute Gasteiger partial charge is 0.328 e. The second-order valence-corrected chi connectivity index (χ2v) is 6.77. The van der Waals surface area contributed by atoms with Crippen LogP contribution in [0.2, 0.25) is 0 Å². The molecule has 1 N–H and O–H groups in total. The third-order valence-electron chi connectivity index (χ3n) is 4.44. The summed E-state index contributed by atoms with van der Waals surface area (Å²) in [4.78, 5) is 15.9. The average Bonchev–Trinajstić information content (AvgIpc) is 3.43. The van der Waals surface area contributed by atoms with Crippen LogP contribution in [0.4, 0.5) is 8.78 Å². The van der Waals surface area contributed by atoms with Crippen LogP contribution in [0.25, 0.3) is 0 Å². The van der Waals surface area contributed by atoms with Crippen molar-refractivity contribution in [3.63, 3.8) is 0 Å². The van der Waals surface area contributed by atoms with Gasteiger partial charge in [-0.1, -0.05) is 60.7 Å². The van der Waals surface area contributed by atoms with E-state index in [0.29, 0.717) is 16.8 Å². The van der Waals surface area contributed by atoms with Gasteiger partial charge < -0.3 is 5.11 Å². The average molecular weight is 357 g/mol. The van der Waals surface area contributed by atoms with Gasteiger partial charge >= 0.3 is 5.97 Å². The number of hydrogen-bond acceptors (Lipinski definition) is 2. The maximum Gasteiger partial charge on any atom is 0.328 e. The fraction of sp³-hybridized carbons (Fsp3) is 0.333. The van der Waals surface area contributed by atoms with Gasteiger partial charge in [-0.15, -0.1) is 0 Å². The molecule has 1 unspecified atom stereocenters. The minimum Gasteiger partial charge on any atom is -0.480 e. The van der Waals surface area contributed by atoms with E-state index in [0.717, 1.165) is 12.8 Å². The Bertz CT molecular complexity index is 730. The highest BCUT2D eigenvalue weighted by atomic mass is 19.3. The second kappa shape index (κ2) is 7.77. The van der Waals surface area contributed by atoms with Crippen molar-refractivity contribution in [2.24, 2.45) is 10.9 Å². The molecule has 136 valence electrons. The molecule has 0 aliphatic heterocycles. The zero-order valence-electron chi connectivity index (χ0n) is 14.3. The monoisotopic (exact) mass is 357 g/mol. The molecule has 5 heteroatoms. The second-order valence-electron chi connectivity index (χ2n) is 6.77. The standard InChI is InChI=1S/C21H21F2NO2/c22-21(23,13-15-11-12-15)14-18(20(25)26)24-19(16-7-3-1-4-8-16)17-9-5-2-6-10-17/h1-10,15,18H,11-14H2,(H,25,26). The molecule has 1 fully saturated rings. The Morgan fingerprint density at radius 3 is 1.96 bits per heavy atom. The van der Waals surface area contributed by atoms with Gasteiger partial charge in [-0.25, -0.2) is 13.6 Å². The predicted molar refractivity (Wildman–Crippen MR) is 96.9 cm³/mol. The molecule has 0 spiro atoms. The van der Waals surface area contributed by atoms with Gasteiger partial charge in [0.1, 0.15) is 0 Å². The van der Waals surface area contributed by atoms with Crippen LogP contribution in [0.15, 0.2) is 65.7 Å². The van der Waals surface area contributed by atoms with Crippen LogP contribution >= 0.6 is 0 Å². The summed E-state index contributed by atoms with van der Waals surface area (Å²) in [7, 11) is 0. The summed E-state index contributed by atoms with van der Waals surface area (Å²) >= 11 is 0. The highest BCUT2D eigenvalue weighted by Gasteiger charge is 2.41. The van der Waals surface area contributed by atoms with E-state index < -0.39 is 24.4 Å². The summed E-state index contributed by atoms with van der Waals surface area (Å²) in [5, 5.41) is 9.49. The van der Waals surface area contributed by atoms with E-state index in [1.807, 2.05) is 36.4 Å². The summed E-state index contributed by atoms with van der Waals surface area (Å²) in [6, 6.07) is 16.6. The lowest BCUT2D eigenvalue weighted by atomic mass is 10.00. The molecule has 0 saturated heterocycles. The van der Waals surface area contributed by atoms with Gasteiger partial charge in [0.05, 0.1) is 5.71 Å². The number of aliphatic carboxylic acids is 1. The lowest BCUT2D eigenvalue weighted by Gasteiger charge is -2.19. The van der Waals surface area contributed by atoms with Crippen LogP contribution in [-0.4, -0.2) is 28.8 Å². The molecule has 0 aromatic heterocycles. The van der Waals surface area contributed by atoms with Crippen LogP contribution < -0.4 is 0 Å². The topological polar surface area (TPSA) is 49.7 Å². The largest absolute Gasteiger partial charge is 0.480 e. The van der Waals surface area contributed by atoms with Crippen LogP contribution in [0, 0.1) is 5.92 Å². The molecule has 1 aliphatic carbocycles. The van der Waals surface area contributed by atoms with E-state index >= 15 is 0 Å². The maximum absolute atomic E-state index is 14.2. The van der Waals surface area contributed by atoms with Crippen molar-refractivity contribution in [1.29, 1.82) is 0 Å². The Morgan fingerprint density at radius 1 is 1.04 bits per heavy atom. The van der Waals surface area contributed by atoms with Crippen molar-refractivity contribution in [2.45, 2.75) is 37.6 Å². The van der Waals surface area contributed by atoms with E-state index in [9.17, 15) is 18.7 Å². The van der Waals surface area contributed by atoms with Gasteiger partial charge in [-0.3, -0.25) is 4.99 Å². The minimum absolute atomic E-state index is 0.0196. The predicted octanol–water partition coefficient (Wildman–Crippen LogP) is 4.80. The van der Waals surface area contributed by atoms with Crippen molar-refractivity contribution >= 4 is 11.7 Å². The van der Waals surface area contributed by atoms with E-state index in [-0.39, 0.29) is 12.3 Å². The van der Waals surface area contributed by atoms with Gasteiger partial charge in [0.2, 0.25) is 0 Å². The van der Waals surface area contributed by atoms with Crippen LogP contribution in [0.1, 0.15) is 36.8 Å². The number of carbonyl (C=O) groups is 1. The van der Waals surface area contributed by atoms with Crippen LogP contribution in [0.3, 0.4) is 0 Å². The van der Waals surface area contributed by atoms with Gasteiger partial charge in [0, 0.05) is 24.0 Å². The number of aliphatic imine (C=N–C) groups is 1. The molecule has 3 nitrogen and oxygen atoms in total. The zero-order valence-corrected chi connectivity index (χ0v) is 14.3. The van der Waals surface area contributed by atoms with E-state index in [2.05, 4.69) is 4.99 Å². The van der Waals surface area contributed by atoms with E-state index in [4.69, 9.17) is 0 Å². The summed E-state index contributed by atoms with van der Waals surface area (Å²) in [5.74, 6) is -4.33. The molecule has 1 atom stereocenters. The van der Waals surface area contributed by atoms with Crippen LogP contribution in [-0.2, 0) is 4.79 Å². The molecular formula is C21H21F2NO2. The SMILES string of the molecule is O=C(O)C(CC(F)(F)CC1CC1)N=C(c1ccccc1)c1ccccc1. The van der Waals surface area contributed by atoms with Gasteiger partial charge in [0.25, 0.3) is 5.92 Å². The number of benzene rings is 2. The van der Waals surface area contributed by atoms with Gasteiger partial charge in [-0.2, -0.15) is 0 Å². The number of halogens is 2. The molecule has 0 radical (unpaired) electrons. The third-order valence-corrected chi connectivity index (χ3v) is 4.44. The molecule has 0 amide bonds. The molecule has 1 saturated carbocycles. The van der Waals surface area contributed by atoms with Crippen molar-refractivity contribution in [3.05, 3.63) is 71.8 Å². The van der Waals surface area contributed by atoms with Gasteiger partial charge in [-0.05, 0) is 18.8 Å². The summed E-state index contributed by atoms with van der Waals surface area (Å²) in [5.41, 5.74) is 1.83. The first-order chi connectivity index (χ1) is 12.4. The highest BCUT2D eigenvalue weighted by molar-refractivity contribution is 6.13. The first kappa shape index (κ1) is 18.2. The normalized spacial score (nSPS) is 15.3. The molecule has 2 aromatic rings. The Kier molecular flexibility index (Phi) is 5.45. The van der Waals surface area contributed by atoms with Gasteiger partial charge in [0.15, 0.2) is 6.04 Å². The Morgan fingerprint density at radius 2 is 1.54 bits per heavy atom. The molecule has 26 heavy (non-hydrogen) atoms. The molecule has 0 heterocycles. The molecule has 2 aromatic carbocycles. The number of rotatable bonds is 8. The lowest BCUT2D eigenvalue weighted by Crippen LogP contribution is -2.30. The summed E-state index contributed by atoms with van der Waals surface area (Å²) in [6.07, 6.45) is 0.575. The van der Waals surface area contributed by atoms with Crippen molar-refractivity contribution in [2.75, 3.05) is 0 Å². The van der Waals surface area contributed by atoms with E-state index in [1.54, 1.807) is 24.3 Å². The molecule has 0 bridgehead atoms. The summed E-state index contributed by atoms with van der Waals surface area (Å²) in [6.45, 7) is 0. The first-order valence-electron chi connectivity index (χ1n) is 8.74. The van der Waals surface area contributed by atoms with Crippen molar-refractivity contribution < 1.29 is 18.7 Å². The first-order valence-corrected chi connectivity index (χ1v) is 8.74. The minimum atomic E-state index is -3.02. The molecular weight excluding hydrogens is 336 g/mol. The van der Waals surface area contributed by atoms with E-state index in [1.165, 1.54) is 0 Å². The number of nitrogens with zero attached hydrogens (tertiary/aromatic N) is 1. The molecule has 1 aliphatic rings. The fourth-order valence-electron chi connectivity index (χ4n) is 2.96. The third kappa shape index (κ3) is 4.97. The number of carboxylic acid groups (broad SMARTS) is 1. The van der Waals surface area contributed by atoms with Crippen molar-refractivity contribution in [3.8, 4) is 0 Å². The lowest BCUT2D eigenvalue weighted by molar-refractivity contribution is -0.141. The Balaban J connectivity index is 1.94. The maximum atomic E-state index is 14.2. The van der Waals surface area contributed by atoms with Crippen LogP contribution in [0.5, 0.6) is 0 Å². The quantitative estimate of drug-likeness (QED) is 0.690. The Hall–Kier alpha value is -2.56. The van der Waals surface area contributed by atoms with Crippen molar-refractivity contribution in [1.82, 2.24) is 0 Å². The fourth-order valence-corrected chi connectivity index (χ4v) is 2.96. The Labute approximate surface area is 151 Å². The molecule has 3 rings (SSSR count). The zero-order chi connectivity index (χ0) is 18.6. The summed E-state index contributed by atoms with van der Waals surface area (Å²) < 4.78 is 28.5.